The Morgan fingerprint density at radius 2 is 2.07 bits per heavy atom. The highest BCUT2D eigenvalue weighted by Gasteiger charge is 2.15. The third kappa shape index (κ3) is 1.22. The lowest BCUT2D eigenvalue weighted by Gasteiger charge is -1.91. The van der Waals surface area contributed by atoms with Crippen molar-refractivity contribution in [2.45, 2.75) is 0 Å². The third-order valence-corrected chi connectivity index (χ3v) is 2.30. The number of carbonyl (C=O) groups excluding carboxylic acids is 2. The number of ketones is 1. The molecule has 0 unspecified atom stereocenters. The van der Waals surface area contributed by atoms with E-state index in [0.717, 1.165) is 5.52 Å². The molecule has 0 atom stereocenters. The molecule has 0 spiro atoms. The predicted molar refractivity (Wildman–Crippen MR) is 53.7 cm³/mol. The number of carbonyl (C=O) groups is 2. The fourth-order valence-corrected chi connectivity index (χ4v) is 1.71. The van der Waals surface area contributed by atoms with Gasteiger partial charge in [0.25, 0.3) is 0 Å². The summed E-state index contributed by atoms with van der Waals surface area (Å²) >= 11 is 5.81. The largest absolute Gasteiger partial charge is 0.345 e. The van der Waals surface area contributed by atoms with E-state index in [1.165, 1.54) is 0 Å². The molecule has 0 amide bonds. The maximum absolute atomic E-state index is 11.2. The lowest BCUT2D eigenvalue weighted by Crippen LogP contribution is -1.98. The molecule has 2 rings (SSSR count). The summed E-state index contributed by atoms with van der Waals surface area (Å²) in [4.78, 5) is 24.4. The summed E-state index contributed by atoms with van der Waals surface area (Å²) in [6.07, 6.45) is 0.265. The Labute approximate surface area is 84.7 Å². The van der Waals surface area contributed by atoms with Gasteiger partial charge in [-0.2, -0.15) is 0 Å². The van der Waals surface area contributed by atoms with Gasteiger partial charge in [-0.05, 0) is 6.07 Å². The van der Waals surface area contributed by atoms with Crippen molar-refractivity contribution in [3.63, 3.8) is 0 Å². The minimum atomic E-state index is -0.604. The van der Waals surface area contributed by atoms with Gasteiger partial charge in [-0.3, -0.25) is 9.59 Å². The van der Waals surface area contributed by atoms with E-state index in [4.69, 9.17) is 11.6 Å². The summed E-state index contributed by atoms with van der Waals surface area (Å²) in [6.45, 7) is 0. The maximum atomic E-state index is 11.2. The molecule has 14 heavy (non-hydrogen) atoms. The van der Waals surface area contributed by atoms with Crippen molar-refractivity contribution in [2.75, 3.05) is 0 Å². The SMILES string of the molecule is O=CC(=O)c1c(Cl)[nH]c2ccccc12. The Hall–Kier alpha value is -1.61. The smallest absolute Gasteiger partial charge is 0.229 e. The number of H-pyrrole nitrogens is 1. The zero-order valence-electron chi connectivity index (χ0n) is 7.08. The van der Waals surface area contributed by atoms with Crippen molar-refractivity contribution in [1.29, 1.82) is 0 Å². The van der Waals surface area contributed by atoms with E-state index in [9.17, 15) is 9.59 Å². The summed E-state index contributed by atoms with van der Waals surface area (Å²) in [6, 6.07) is 7.15. The highest BCUT2D eigenvalue weighted by atomic mass is 35.5. The topological polar surface area (TPSA) is 49.9 Å². The third-order valence-electron chi connectivity index (χ3n) is 2.01. The van der Waals surface area contributed by atoms with Gasteiger partial charge in [-0.25, -0.2) is 0 Å². The van der Waals surface area contributed by atoms with Crippen LogP contribution in [0.15, 0.2) is 24.3 Å². The molecule has 0 bridgehead atoms. The van der Waals surface area contributed by atoms with Crippen molar-refractivity contribution in [2.24, 2.45) is 0 Å². The molecule has 2 aromatic rings. The number of fused-ring (bicyclic) bond motifs is 1. The summed E-state index contributed by atoms with van der Waals surface area (Å²) in [5.41, 5.74) is 1.000. The second kappa shape index (κ2) is 3.27. The van der Waals surface area contributed by atoms with E-state index in [-0.39, 0.29) is 17.0 Å². The number of aromatic amines is 1. The predicted octanol–water partition coefficient (Wildman–Crippen LogP) is 2.20. The number of benzene rings is 1. The minimum Gasteiger partial charge on any atom is -0.345 e. The number of aromatic nitrogens is 1. The summed E-state index contributed by atoms with van der Waals surface area (Å²) in [5, 5.41) is 0.887. The molecule has 0 aliphatic rings. The van der Waals surface area contributed by atoms with E-state index in [1.54, 1.807) is 18.2 Å². The molecule has 0 fully saturated rings. The number of halogens is 1. The Balaban J connectivity index is 2.80. The van der Waals surface area contributed by atoms with E-state index in [1.807, 2.05) is 6.07 Å². The van der Waals surface area contributed by atoms with Gasteiger partial charge in [0.1, 0.15) is 5.15 Å². The van der Waals surface area contributed by atoms with Crippen molar-refractivity contribution < 1.29 is 9.59 Å². The number of nitrogens with one attached hydrogen (secondary N) is 1. The van der Waals surface area contributed by atoms with Gasteiger partial charge in [-0.15, -0.1) is 0 Å². The Morgan fingerprint density at radius 3 is 2.79 bits per heavy atom. The van der Waals surface area contributed by atoms with E-state index in [2.05, 4.69) is 4.98 Å². The average Bonchev–Trinajstić information content (AvgIpc) is 2.53. The lowest BCUT2D eigenvalue weighted by molar-refractivity contribution is -0.104. The minimum absolute atomic E-state index is 0.211. The highest BCUT2D eigenvalue weighted by Crippen LogP contribution is 2.25. The molecule has 1 aromatic carbocycles. The van der Waals surface area contributed by atoms with Crippen LogP contribution in [0.3, 0.4) is 0 Å². The first-order chi connectivity index (χ1) is 6.74. The highest BCUT2D eigenvalue weighted by molar-refractivity contribution is 6.43. The molecular weight excluding hydrogens is 202 g/mol. The summed E-state index contributed by atoms with van der Waals surface area (Å²) in [5.74, 6) is -0.604. The zero-order valence-corrected chi connectivity index (χ0v) is 7.84. The molecule has 1 N–H and O–H groups in total. The summed E-state index contributed by atoms with van der Waals surface area (Å²) < 4.78 is 0. The number of para-hydroxylation sites is 1. The molecular formula is C10H6ClNO2. The first kappa shape index (κ1) is 8.97. The van der Waals surface area contributed by atoms with Crippen LogP contribution in [0.4, 0.5) is 0 Å². The number of rotatable bonds is 2. The zero-order chi connectivity index (χ0) is 10.1. The lowest BCUT2D eigenvalue weighted by atomic mass is 10.1. The Bertz CT molecular complexity index is 516. The van der Waals surface area contributed by atoms with Crippen molar-refractivity contribution >= 4 is 34.6 Å². The van der Waals surface area contributed by atoms with Gasteiger partial charge in [0.05, 0.1) is 5.56 Å². The number of aldehydes is 1. The summed E-state index contributed by atoms with van der Waals surface area (Å²) in [7, 11) is 0. The van der Waals surface area contributed by atoms with Gasteiger partial charge in [0.15, 0.2) is 6.29 Å². The normalized spacial score (nSPS) is 10.4. The number of Topliss-reactive ketones (excluding diaryl/α,β-unsaturated/α-hetero) is 1. The molecule has 1 aromatic heterocycles. The molecule has 4 heteroatoms. The molecule has 70 valence electrons. The molecule has 0 aliphatic heterocycles. The van der Waals surface area contributed by atoms with Crippen LogP contribution in [0.2, 0.25) is 5.15 Å². The van der Waals surface area contributed by atoms with Crippen molar-refractivity contribution in [3.05, 3.63) is 35.0 Å². The van der Waals surface area contributed by atoms with Crippen LogP contribution in [0, 0.1) is 0 Å². The molecule has 0 saturated carbocycles. The van der Waals surface area contributed by atoms with Gasteiger partial charge in [-0.1, -0.05) is 29.8 Å². The monoisotopic (exact) mass is 207 g/mol. The van der Waals surface area contributed by atoms with Gasteiger partial charge < -0.3 is 4.98 Å². The fourth-order valence-electron chi connectivity index (χ4n) is 1.41. The van der Waals surface area contributed by atoms with Gasteiger partial charge in [0, 0.05) is 10.9 Å². The quantitative estimate of drug-likeness (QED) is 0.466. The van der Waals surface area contributed by atoms with E-state index in [0.29, 0.717) is 5.39 Å². The molecule has 1 heterocycles. The fraction of sp³-hybridized carbons (Fsp3) is 0. The van der Waals surface area contributed by atoms with Gasteiger partial charge >= 0.3 is 0 Å². The molecule has 0 aliphatic carbocycles. The first-order valence-electron chi connectivity index (χ1n) is 3.99. The maximum Gasteiger partial charge on any atom is 0.229 e. The van der Waals surface area contributed by atoms with Crippen LogP contribution in [-0.2, 0) is 4.79 Å². The molecule has 0 saturated heterocycles. The van der Waals surface area contributed by atoms with Gasteiger partial charge in [0.2, 0.25) is 5.78 Å². The molecule has 3 nitrogen and oxygen atoms in total. The van der Waals surface area contributed by atoms with Crippen LogP contribution in [-0.4, -0.2) is 17.1 Å². The average molecular weight is 208 g/mol. The van der Waals surface area contributed by atoms with Crippen LogP contribution in [0.5, 0.6) is 0 Å². The first-order valence-corrected chi connectivity index (χ1v) is 4.37. The van der Waals surface area contributed by atoms with Crippen molar-refractivity contribution in [3.8, 4) is 0 Å². The van der Waals surface area contributed by atoms with Crippen molar-refractivity contribution in [1.82, 2.24) is 4.98 Å². The second-order valence-electron chi connectivity index (χ2n) is 2.84. The van der Waals surface area contributed by atoms with E-state index >= 15 is 0 Å². The number of hydrogen-bond donors (Lipinski definition) is 1. The van der Waals surface area contributed by atoms with Crippen LogP contribution >= 0.6 is 11.6 Å². The standard InChI is InChI=1S/C10H6ClNO2/c11-10-9(8(14)5-13)6-3-1-2-4-7(6)12-10/h1-5,12H. The van der Waals surface area contributed by atoms with Crippen LogP contribution < -0.4 is 0 Å². The van der Waals surface area contributed by atoms with Crippen LogP contribution in [0.25, 0.3) is 10.9 Å². The van der Waals surface area contributed by atoms with Crippen LogP contribution in [0.1, 0.15) is 10.4 Å². The number of hydrogen-bond acceptors (Lipinski definition) is 2. The van der Waals surface area contributed by atoms with E-state index < -0.39 is 5.78 Å². The molecule has 0 radical (unpaired) electrons. The Morgan fingerprint density at radius 1 is 1.36 bits per heavy atom. The Kier molecular flexibility index (Phi) is 2.09. The second-order valence-corrected chi connectivity index (χ2v) is 3.22.